The molecule has 1 saturated carbocycles. The smallest absolute Gasteiger partial charge is 0.140 e. The van der Waals surface area contributed by atoms with E-state index in [1.165, 1.54) is 29.5 Å². The minimum atomic E-state index is 0.263. The molecular formula is C15H20O. The van der Waals surface area contributed by atoms with E-state index in [2.05, 4.69) is 39.0 Å². The van der Waals surface area contributed by atoms with Crippen LogP contribution >= 0.6 is 0 Å². The predicted octanol–water partition coefficient (Wildman–Crippen LogP) is 3.46. The van der Waals surface area contributed by atoms with Crippen molar-refractivity contribution in [2.75, 3.05) is 0 Å². The zero-order valence-electron chi connectivity index (χ0n) is 10.4. The van der Waals surface area contributed by atoms with Crippen molar-refractivity contribution < 1.29 is 4.79 Å². The lowest BCUT2D eigenvalue weighted by atomic mass is 9.91. The maximum absolute atomic E-state index is 12.1. The summed E-state index contributed by atoms with van der Waals surface area (Å²) in [5.41, 5.74) is 3.73. The normalized spacial score (nSPS) is 17.2. The van der Waals surface area contributed by atoms with Gasteiger partial charge in [-0.3, -0.25) is 4.79 Å². The number of carbonyl (C=O) groups excluding carboxylic acids is 1. The fourth-order valence-electron chi connectivity index (χ4n) is 2.32. The maximum Gasteiger partial charge on any atom is 0.140 e. The molecule has 0 aromatic heterocycles. The summed E-state index contributed by atoms with van der Waals surface area (Å²) < 4.78 is 0. The Morgan fingerprint density at radius 3 is 2.38 bits per heavy atom. The van der Waals surface area contributed by atoms with Crippen LogP contribution in [0.2, 0.25) is 0 Å². The summed E-state index contributed by atoms with van der Waals surface area (Å²) in [5, 5.41) is 0. The van der Waals surface area contributed by atoms with E-state index in [1.807, 2.05) is 0 Å². The molecule has 16 heavy (non-hydrogen) atoms. The average molecular weight is 216 g/mol. The van der Waals surface area contributed by atoms with Crippen LogP contribution in [-0.4, -0.2) is 5.78 Å². The van der Waals surface area contributed by atoms with Gasteiger partial charge in [0.05, 0.1) is 0 Å². The van der Waals surface area contributed by atoms with Gasteiger partial charge in [0.15, 0.2) is 0 Å². The number of ketones is 1. The van der Waals surface area contributed by atoms with Gasteiger partial charge in [-0.05, 0) is 49.3 Å². The van der Waals surface area contributed by atoms with Gasteiger partial charge in [-0.1, -0.05) is 25.1 Å². The summed E-state index contributed by atoms with van der Waals surface area (Å²) in [6.07, 6.45) is 3.12. The third-order valence-corrected chi connectivity index (χ3v) is 3.83. The second-order valence-electron chi connectivity index (χ2n) is 5.14. The predicted molar refractivity (Wildman–Crippen MR) is 66.5 cm³/mol. The SMILES string of the molecule is Cc1cccc(C)c1CC(=O)C(C)C1CC1. The molecule has 1 aromatic rings. The van der Waals surface area contributed by atoms with Crippen molar-refractivity contribution in [3.63, 3.8) is 0 Å². The fourth-order valence-corrected chi connectivity index (χ4v) is 2.32. The Bertz CT molecular complexity index is 382. The average Bonchev–Trinajstić information content (AvgIpc) is 3.06. The van der Waals surface area contributed by atoms with E-state index in [0.29, 0.717) is 18.1 Å². The van der Waals surface area contributed by atoms with Crippen molar-refractivity contribution in [3.8, 4) is 0 Å². The molecule has 0 amide bonds. The largest absolute Gasteiger partial charge is 0.299 e. The quantitative estimate of drug-likeness (QED) is 0.753. The first-order chi connectivity index (χ1) is 7.59. The number of rotatable bonds is 4. The monoisotopic (exact) mass is 216 g/mol. The van der Waals surface area contributed by atoms with Crippen molar-refractivity contribution in [2.45, 2.75) is 40.0 Å². The molecule has 1 fully saturated rings. The summed E-state index contributed by atoms with van der Waals surface area (Å²) in [5.74, 6) is 1.36. The molecule has 0 N–H and O–H groups in total. The molecule has 86 valence electrons. The van der Waals surface area contributed by atoms with Crippen molar-refractivity contribution in [3.05, 3.63) is 34.9 Å². The number of Topliss-reactive ketones (excluding diaryl/α,β-unsaturated/α-hetero) is 1. The summed E-state index contributed by atoms with van der Waals surface area (Å²) in [7, 11) is 0. The zero-order chi connectivity index (χ0) is 11.7. The van der Waals surface area contributed by atoms with Gasteiger partial charge in [0.25, 0.3) is 0 Å². The van der Waals surface area contributed by atoms with Gasteiger partial charge < -0.3 is 0 Å². The van der Waals surface area contributed by atoms with Gasteiger partial charge in [0.1, 0.15) is 5.78 Å². The molecule has 0 saturated heterocycles. The third kappa shape index (κ3) is 2.34. The lowest BCUT2D eigenvalue weighted by Crippen LogP contribution is -2.16. The van der Waals surface area contributed by atoms with Crippen LogP contribution in [0.5, 0.6) is 0 Å². The molecule has 1 heteroatoms. The minimum Gasteiger partial charge on any atom is -0.299 e. The lowest BCUT2D eigenvalue weighted by molar-refractivity contribution is -0.122. The topological polar surface area (TPSA) is 17.1 Å². The first kappa shape index (κ1) is 11.4. The highest BCUT2D eigenvalue weighted by molar-refractivity contribution is 5.84. The highest BCUT2D eigenvalue weighted by atomic mass is 16.1. The van der Waals surface area contributed by atoms with Crippen molar-refractivity contribution in [2.24, 2.45) is 11.8 Å². The van der Waals surface area contributed by atoms with Gasteiger partial charge in [-0.15, -0.1) is 0 Å². The summed E-state index contributed by atoms with van der Waals surface area (Å²) >= 11 is 0. The van der Waals surface area contributed by atoms with E-state index in [-0.39, 0.29) is 5.92 Å². The van der Waals surface area contributed by atoms with Gasteiger partial charge in [0, 0.05) is 12.3 Å². The van der Waals surface area contributed by atoms with E-state index in [0.717, 1.165) is 0 Å². The molecule has 1 atom stereocenters. The second kappa shape index (κ2) is 4.40. The second-order valence-corrected chi connectivity index (χ2v) is 5.14. The van der Waals surface area contributed by atoms with Crippen LogP contribution in [-0.2, 0) is 11.2 Å². The Labute approximate surface area is 97.9 Å². The van der Waals surface area contributed by atoms with Crippen molar-refractivity contribution >= 4 is 5.78 Å². The number of benzene rings is 1. The van der Waals surface area contributed by atoms with Crippen LogP contribution in [0.25, 0.3) is 0 Å². The number of aryl methyl sites for hydroxylation is 2. The van der Waals surface area contributed by atoms with Gasteiger partial charge >= 0.3 is 0 Å². The molecule has 1 aliphatic rings. The molecule has 1 nitrogen and oxygen atoms in total. The third-order valence-electron chi connectivity index (χ3n) is 3.83. The first-order valence-corrected chi connectivity index (χ1v) is 6.17. The van der Waals surface area contributed by atoms with E-state index in [1.54, 1.807) is 0 Å². The Morgan fingerprint density at radius 2 is 1.88 bits per heavy atom. The summed E-state index contributed by atoms with van der Waals surface area (Å²) in [6.45, 7) is 6.28. The highest BCUT2D eigenvalue weighted by Crippen LogP contribution is 2.37. The van der Waals surface area contributed by atoms with Gasteiger partial charge in [-0.25, -0.2) is 0 Å². The van der Waals surface area contributed by atoms with Crippen molar-refractivity contribution in [1.82, 2.24) is 0 Å². The Balaban J connectivity index is 2.10. The fraction of sp³-hybridized carbons (Fsp3) is 0.533. The molecular weight excluding hydrogens is 196 g/mol. The Hall–Kier alpha value is -1.11. The Kier molecular flexibility index (Phi) is 3.13. The molecule has 1 aliphatic carbocycles. The molecule has 0 heterocycles. The molecule has 2 rings (SSSR count). The van der Waals surface area contributed by atoms with Crippen LogP contribution in [0.4, 0.5) is 0 Å². The van der Waals surface area contributed by atoms with E-state index in [4.69, 9.17) is 0 Å². The van der Waals surface area contributed by atoms with Gasteiger partial charge in [-0.2, -0.15) is 0 Å². The van der Waals surface area contributed by atoms with Crippen LogP contribution < -0.4 is 0 Å². The zero-order valence-corrected chi connectivity index (χ0v) is 10.4. The molecule has 1 unspecified atom stereocenters. The van der Waals surface area contributed by atoms with Crippen molar-refractivity contribution in [1.29, 1.82) is 0 Å². The molecule has 0 bridgehead atoms. The van der Waals surface area contributed by atoms with Gasteiger partial charge in [0.2, 0.25) is 0 Å². The lowest BCUT2D eigenvalue weighted by Gasteiger charge is -2.12. The molecule has 1 aromatic carbocycles. The summed E-state index contributed by atoms with van der Waals surface area (Å²) in [4.78, 5) is 12.1. The number of carbonyl (C=O) groups is 1. The number of hydrogen-bond acceptors (Lipinski definition) is 1. The standard InChI is InChI=1S/C15H20O/c1-10-5-4-6-11(2)14(10)9-15(16)12(3)13-7-8-13/h4-6,12-13H,7-9H2,1-3H3. The summed E-state index contributed by atoms with van der Waals surface area (Å²) in [6, 6.07) is 6.25. The first-order valence-electron chi connectivity index (χ1n) is 6.17. The highest BCUT2D eigenvalue weighted by Gasteiger charge is 2.32. The maximum atomic E-state index is 12.1. The Morgan fingerprint density at radius 1 is 1.31 bits per heavy atom. The van der Waals surface area contributed by atoms with Crippen LogP contribution in [0.1, 0.15) is 36.5 Å². The molecule has 0 aliphatic heterocycles. The minimum absolute atomic E-state index is 0.263. The molecule has 0 spiro atoms. The molecule has 0 radical (unpaired) electrons. The van der Waals surface area contributed by atoms with E-state index in [9.17, 15) is 4.79 Å². The van der Waals surface area contributed by atoms with Crippen LogP contribution in [0.3, 0.4) is 0 Å². The van der Waals surface area contributed by atoms with E-state index < -0.39 is 0 Å². The number of hydrogen-bond donors (Lipinski definition) is 0. The van der Waals surface area contributed by atoms with Crippen LogP contribution in [0, 0.1) is 25.7 Å². The van der Waals surface area contributed by atoms with Crippen LogP contribution in [0.15, 0.2) is 18.2 Å². The van der Waals surface area contributed by atoms with E-state index >= 15 is 0 Å².